The molecule has 4 heteroatoms. The van der Waals surface area contributed by atoms with Gasteiger partial charge in [-0.25, -0.2) is 0 Å². The number of thiophene rings is 1. The van der Waals surface area contributed by atoms with Gasteiger partial charge in [0, 0.05) is 17.5 Å². The van der Waals surface area contributed by atoms with E-state index in [9.17, 15) is 4.79 Å². The Morgan fingerprint density at radius 3 is 2.75 bits per heavy atom. The van der Waals surface area contributed by atoms with Crippen LogP contribution in [0.5, 0.6) is 0 Å². The molecule has 1 aliphatic heterocycles. The Hall–Kier alpha value is -1.65. The van der Waals surface area contributed by atoms with Gasteiger partial charge in [0.05, 0.1) is 12.6 Å². The maximum Gasteiger partial charge on any atom is 0.237 e. The molecule has 0 spiro atoms. The quantitative estimate of drug-likeness (QED) is 0.828. The Balaban J connectivity index is 1.62. The first kappa shape index (κ1) is 15.9. The van der Waals surface area contributed by atoms with Gasteiger partial charge in [0.15, 0.2) is 0 Å². The van der Waals surface area contributed by atoms with E-state index in [1.165, 1.54) is 28.8 Å². The molecule has 1 fully saturated rings. The second-order valence-electron chi connectivity index (χ2n) is 6.74. The smallest absolute Gasteiger partial charge is 0.237 e. The summed E-state index contributed by atoms with van der Waals surface area (Å²) in [7, 11) is 0. The van der Waals surface area contributed by atoms with Crippen molar-refractivity contribution in [2.75, 3.05) is 19.6 Å². The van der Waals surface area contributed by atoms with Crippen LogP contribution in [0.25, 0.3) is 0 Å². The predicted molar refractivity (Wildman–Crippen MR) is 98.3 cm³/mol. The van der Waals surface area contributed by atoms with Crippen LogP contribution in [0.3, 0.4) is 0 Å². The average Bonchev–Trinajstić information content (AvgIpc) is 3.35. The molecule has 1 atom stereocenters. The van der Waals surface area contributed by atoms with E-state index in [2.05, 4.69) is 52.4 Å². The van der Waals surface area contributed by atoms with Gasteiger partial charge in [-0.1, -0.05) is 37.3 Å². The zero-order valence-electron chi connectivity index (χ0n) is 14.1. The average molecular weight is 340 g/mol. The molecule has 1 saturated carbocycles. The monoisotopic (exact) mass is 340 g/mol. The third-order valence-corrected chi connectivity index (χ3v) is 6.21. The number of nitrogens with zero attached hydrogens (tertiary/aromatic N) is 2. The Morgan fingerprint density at radius 1 is 1.25 bits per heavy atom. The molecule has 0 radical (unpaired) electrons. The minimum Gasteiger partial charge on any atom is -0.330 e. The van der Waals surface area contributed by atoms with Crippen LogP contribution in [-0.4, -0.2) is 41.4 Å². The van der Waals surface area contributed by atoms with E-state index in [1.54, 1.807) is 0 Å². The van der Waals surface area contributed by atoms with Crippen molar-refractivity contribution in [1.82, 2.24) is 9.80 Å². The molecule has 1 aromatic carbocycles. The van der Waals surface area contributed by atoms with Crippen LogP contribution in [0.4, 0.5) is 0 Å². The van der Waals surface area contributed by atoms with Gasteiger partial charge in [-0.3, -0.25) is 9.69 Å². The van der Waals surface area contributed by atoms with E-state index in [-0.39, 0.29) is 11.9 Å². The third-order valence-electron chi connectivity index (χ3n) is 5.21. The van der Waals surface area contributed by atoms with Crippen LogP contribution in [0.15, 0.2) is 41.8 Å². The maximum atomic E-state index is 13.1. The molecular weight excluding hydrogens is 316 g/mol. The van der Waals surface area contributed by atoms with Crippen molar-refractivity contribution in [3.63, 3.8) is 0 Å². The molecule has 126 valence electrons. The third kappa shape index (κ3) is 3.01. The van der Waals surface area contributed by atoms with Crippen LogP contribution >= 0.6 is 11.3 Å². The number of hydrogen-bond acceptors (Lipinski definition) is 3. The van der Waals surface area contributed by atoms with E-state index in [0.29, 0.717) is 12.6 Å². The summed E-state index contributed by atoms with van der Waals surface area (Å²) in [5.74, 6) is 0.273. The molecule has 2 aliphatic rings. The molecule has 1 unspecified atom stereocenters. The number of fused-ring (bicyclic) bond motifs is 1. The highest BCUT2D eigenvalue weighted by molar-refractivity contribution is 7.10. The number of likely N-dealkylation sites (N-methyl/N-ethyl adjacent to an activating group) is 1. The maximum absolute atomic E-state index is 13.1. The lowest BCUT2D eigenvalue weighted by atomic mass is 9.93. The van der Waals surface area contributed by atoms with Gasteiger partial charge < -0.3 is 4.90 Å². The van der Waals surface area contributed by atoms with Crippen molar-refractivity contribution >= 4 is 17.2 Å². The summed E-state index contributed by atoms with van der Waals surface area (Å²) >= 11 is 1.82. The summed E-state index contributed by atoms with van der Waals surface area (Å²) in [4.78, 5) is 19.0. The van der Waals surface area contributed by atoms with Gasteiger partial charge in [-0.2, -0.15) is 0 Å². The van der Waals surface area contributed by atoms with E-state index in [4.69, 9.17) is 0 Å². The van der Waals surface area contributed by atoms with Gasteiger partial charge in [-0.15, -0.1) is 11.3 Å². The largest absolute Gasteiger partial charge is 0.330 e. The molecule has 2 heterocycles. The molecule has 2 aromatic rings. The molecular formula is C20H24N2OS. The lowest BCUT2D eigenvalue weighted by molar-refractivity contribution is -0.134. The normalized spacial score (nSPS) is 20.2. The summed E-state index contributed by atoms with van der Waals surface area (Å²) < 4.78 is 0. The fourth-order valence-corrected chi connectivity index (χ4v) is 4.69. The second kappa shape index (κ2) is 6.69. The summed E-state index contributed by atoms with van der Waals surface area (Å²) in [5, 5.41) is 2.16. The molecule has 1 aliphatic carbocycles. The van der Waals surface area contributed by atoms with Crippen molar-refractivity contribution in [2.45, 2.75) is 38.3 Å². The van der Waals surface area contributed by atoms with Crippen molar-refractivity contribution in [2.24, 2.45) is 0 Å². The van der Waals surface area contributed by atoms with Crippen LogP contribution in [0.2, 0.25) is 0 Å². The summed E-state index contributed by atoms with van der Waals surface area (Å²) in [6, 6.07) is 13.4. The van der Waals surface area contributed by atoms with E-state index in [1.807, 2.05) is 17.4 Å². The number of rotatable bonds is 5. The number of benzene rings is 1. The van der Waals surface area contributed by atoms with Gasteiger partial charge >= 0.3 is 0 Å². The molecule has 4 rings (SSSR count). The second-order valence-corrected chi connectivity index (χ2v) is 7.74. The molecule has 24 heavy (non-hydrogen) atoms. The van der Waals surface area contributed by atoms with Crippen LogP contribution < -0.4 is 0 Å². The van der Waals surface area contributed by atoms with Gasteiger partial charge in [-0.05, 0) is 48.4 Å². The van der Waals surface area contributed by atoms with Gasteiger partial charge in [0.25, 0.3) is 0 Å². The number of carbonyl (C=O) groups excluding carboxylic acids is 1. The Bertz CT molecular complexity index is 707. The van der Waals surface area contributed by atoms with Crippen molar-refractivity contribution in [3.05, 3.63) is 57.8 Å². The first-order valence-electron chi connectivity index (χ1n) is 8.92. The van der Waals surface area contributed by atoms with E-state index >= 15 is 0 Å². The zero-order valence-corrected chi connectivity index (χ0v) is 15.0. The van der Waals surface area contributed by atoms with Gasteiger partial charge in [0.2, 0.25) is 5.91 Å². The van der Waals surface area contributed by atoms with Crippen molar-refractivity contribution in [3.8, 4) is 0 Å². The summed E-state index contributed by atoms with van der Waals surface area (Å²) in [5.41, 5.74) is 2.54. The minimum atomic E-state index is 0.0756. The van der Waals surface area contributed by atoms with Crippen LogP contribution in [-0.2, 0) is 11.2 Å². The molecule has 1 aromatic heterocycles. The SMILES string of the molecule is CCN(CC(=O)N1CCc2sccc2C1c1ccccc1)C1CC1. The first-order valence-corrected chi connectivity index (χ1v) is 9.80. The van der Waals surface area contributed by atoms with E-state index in [0.717, 1.165) is 19.5 Å². The molecule has 3 nitrogen and oxygen atoms in total. The standard InChI is InChI=1S/C20H24N2OS/c1-2-21(16-8-9-16)14-19(23)22-12-10-18-17(11-13-24-18)20(22)15-6-4-3-5-7-15/h3-7,11,13,16,20H,2,8-10,12,14H2,1H3. The topological polar surface area (TPSA) is 23.6 Å². The highest BCUT2D eigenvalue weighted by Gasteiger charge is 2.35. The first-order chi connectivity index (χ1) is 11.8. The summed E-state index contributed by atoms with van der Waals surface area (Å²) in [6.45, 7) is 4.51. The van der Waals surface area contributed by atoms with Crippen LogP contribution in [0.1, 0.15) is 41.8 Å². The Labute approximate surface area is 147 Å². The molecule has 0 bridgehead atoms. The fourth-order valence-electron chi connectivity index (χ4n) is 3.78. The molecule has 1 amide bonds. The predicted octanol–water partition coefficient (Wildman–Crippen LogP) is 3.71. The fraction of sp³-hybridized carbons (Fsp3) is 0.450. The Morgan fingerprint density at radius 2 is 2.04 bits per heavy atom. The summed E-state index contributed by atoms with van der Waals surface area (Å²) in [6.07, 6.45) is 3.48. The van der Waals surface area contributed by atoms with E-state index < -0.39 is 0 Å². The minimum absolute atomic E-state index is 0.0756. The number of amides is 1. The number of carbonyl (C=O) groups is 1. The van der Waals surface area contributed by atoms with Crippen LogP contribution in [0, 0.1) is 0 Å². The Kier molecular flexibility index (Phi) is 4.42. The number of hydrogen-bond donors (Lipinski definition) is 0. The lowest BCUT2D eigenvalue weighted by Gasteiger charge is -2.37. The van der Waals surface area contributed by atoms with Crippen molar-refractivity contribution < 1.29 is 4.79 Å². The molecule has 0 N–H and O–H groups in total. The highest BCUT2D eigenvalue weighted by Crippen LogP contribution is 2.38. The molecule has 0 saturated heterocycles. The highest BCUT2D eigenvalue weighted by atomic mass is 32.1. The zero-order chi connectivity index (χ0) is 16.5. The lowest BCUT2D eigenvalue weighted by Crippen LogP contribution is -2.45. The van der Waals surface area contributed by atoms with Crippen molar-refractivity contribution in [1.29, 1.82) is 0 Å². The van der Waals surface area contributed by atoms with Gasteiger partial charge in [0.1, 0.15) is 0 Å².